The largest absolute Gasteiger partial charge is 0.495 e. The van der Waals surface area contributed by atoms with Crippen molar-refractivity contribution in [1.82, 2.24) is 4.90 Å². The Labute approximate surface area is 119 Å². The molecule has 1 N–H and O–H groups in total. The normalized spacial score (nSPS) is 11.2. The average Bonchev–Trinajstić information content (AvgIpc) is 2.36. The second-order valence-electron chi connectivity index (χ2n) is 5.57. The van der Waals surface area contributed by atoms with Crippen LogP contribution in [-0.4, -0.2) is 35.2 Å². The van der Waals surface area contributed by atoms with Crippen LogP contribution in [0, 0.1) is 11.3 Å². The van der Waals surface area contributed by atoms with Gasteiger partial charge in [-0.1, -0.05) is 6.07 Å². The Balaban J connectivity index is 3.00. The van der Waals surface area contributed by atoms with Crippen molar-refractivity contribution >= 4 is 5.97 Å². The summed E-state index contributed by atoms with van der Waals surface area (Å²) in [5.41, 5.74) is 1.12. The van der Waals surface area contributed by atoms with E-state index in [0.29, 0.717) is 17.9 Å². The van der Waals surface area contributed by atoms with Crippen molar-refractivity contribution in [2.75, 3.05) is 13.7 Å². The summed E-state index contributed by atoms with van der Waals surface area (Å²) in [7, 11) is 1.51. The van der Waals surface area contributed by atoms with E-state index in [0.717, 1.165) is 5.56 Å². The lowest BCUT2D eigenvalue weighted by Crippen LogP contribution is -2.43. The number of hydrogen-bond donors (Lipinski definition) is 1. The fourth-order valence-corrected chi connectivity index (χ4v) is 1.84. The first-order chi connectivity index (χ1) is 9.27. The van der Waals surface area contributed by atoms with Crippen LogP contribution in [0.4, 0.5) is 0 Å². The Morgan fingerprint density at radius 2 is 2.10 bits per heavy atom. The van der Waals surface area contributed by atoms with Crippen molar-refractivity contribution in [3.05, 3.63) is 29.3 Å². The molecule has 5 heteroatoms. The predicted octanol–water partition coefficient (Wildman–Crippen LogP) is 2.25. The fourth-order valence-electron chi connectivity index (χ4n) is 1.84. The van der Waals surface area contributed by atoms with Gasteiger partial charge in [-0.15, -0.1) is 0 Å². The lowest BCUT2D eigenvalue weighted by molar-refractivity contribution is -0.139. The van der Waals surface area contributed by atoms with E-state index in [2.05, 4.69) is 6.07 Å². The van der Waals surface area contributed by atoms with E-state index in [1.807, 2.05) is 31.7 Å². The van der Waals surface area contributed by atoms with E-state index in [1.54, 1.807) is 12.1 Å². The van der Waals surface area contributed by atoms with Crippen LogP contribution >= 0.6 is 0 Å². The maximum atomic E-state index is 11.0. The van der Waals surface area contributed by atoms with Crippen LogP contribution in [0.1, 0.15) is 31.9 Å². The van der Waals surface area contributed by atoms with Gasteiger partial charge in [0.05, 0.1) is 19.2 Å². The summed E-state index contributed by atoms with van der Waals surface area (Å²) in [4.78, 5) is 12.8. The van der Waals surface area contributed by atoms with E-state index in [1.165, 1.54) is 7.11 Å². The zero-order valence-corrected chi connectivity index (χ0v) is 12.3. The van der Waals surface area contributed by atoms with Gasteiger partial charge in [0, 0.05) is 12.1 Å². The topological polar surface area (TPSA) is 73.6 Å². The zero-order chi connectivity index (χ0) is 15.3. The fraction of sp³-hybridized carbons (Fsp3) is 0.467. The second-order valence-corrected chi connectivity index (χ2v) is 5.57. The van der Waals surface area contributed by atoms with E-state index in [-0.39, 0.29) is 12.1 Å². The molecule has 5 nitrogen and oxygen atoms in total. The van der Waals surface area contributed by atoms with Gasteiger partial charge in [0.2, 0.25) is 0 Å². The molecule has 1 aromatic rings. The number of rotatable bonds is 5. The second kappa shape index (κ2) is 6.40. The molecule has 0 aliphatic carbocycles. The van der Waals surface area contributed by atoms with Gasteiger partial charge >= 0.3 is 5.97 Å². The van der Waals surface area contributed by atoms with Crippen LogP contribution in [0.15, 0.2) is 18.2 Å². The highest BCUT2D eigenvalue weighted by atomic mass is 16.5. The molecular formula is C15H20N2O3. The molecule has 0 heterocycles. The minimum Gasteiger partial charge on any atom is -0.495 e. The van der Waals surface area contributed by atoms with Crippen molar-refractivity contribution in [2.45, 2.75) is 32.9 Å². The first kappa shape index (κ1) is 16.0. The lowest BCUT2D eigenvalue weighted by Gasteiger charge is -2.34. The molecule has 0 spiro atoms. The van der Waals surface area contributed by atoms with Crippen molar-refractivity contribution < 1.29 is 14.6 Å². The van der Waals surface area contributed by atoms with Crippen LogP contribution < -0.4 is 4.74 Å². The highest BCUT2D eigenvalue weighted by Crippen LogP contribution is 2.22. The molecule has 0 aliphatic heterocycles. The van der Waals surface area contributed by atoms with Crippen LogP contribution in [0.5, 0.6) is 5.75 Å². The molecule has 0 amide bonds. The van der Waals surface area contributed by atoms with Crippen molar-refractivity contribution in [3.63, 3.8) is 0 Å². The van der Waals surface area contributed by atoms with Gasteiger partial charge in [-0.2, -0.15) is 5.26 Å². The molecule has 0 fully saturated rings. The molecule has 0 saturated carbocycles. The van der Waals surface area contributed by atoms with Crippen LogP contribution in [0.2, 0.25) is 0 Å². The third-order valence-electron chi connectivity index (χ3n) is 3.03. The number of carboxylic acids is 1. The number of hydrogen-bond acceptors (Lipinski definition) is 4. The summed E-state index contributed by atoms with van der Waals surface area (Å²) in [6.45, 7) is 6.36. The van der Waals surface area contributed by atoms with Crippen LogP contribution in [-0.2, 0) is 11.3 Å². The van der Waals surface area contributed by atoms with Crippen molar-refractivity contribution in [3.8, 4) is 11.8 Å². The molecule has 0 unspecified atom stereocenters. The SMILES string of the molecule is COc1cc(CN(CC(=O)O)C(C)(C)C)ccc1C#N. The smallest absolute Gasteiger partial charge is 0.317 e. The Hall–Kier alpha value is -2.06. The Morgan fingerprint density at radius 3 is 2.55 bits per heavy atom. The molecule has 0 saturated heterocycles. The van der Waals surface area contributed by atoms with Gasteiger partial charge in [-0.25, -0.2) is 0 Å². The highest BCUT2D eigenvalue weighted by Gasteiger charge is 2.23. The summed E-state index contributed by atoms with van der Waals surface area (Å²) < 4.78 is 5.17. The average molecular weight is 276 g/mol. The maximum Gasteiger partial charge on any atom is 0.317 e. The van der Waals surface area contributed by atoms with E-state index < -0.39 is 5.97 Å². The Kier molecular flexibility index (Phi) is 5.12. The molecule has 0 atom stereocenters. The molecule has 108 valence electrons. The number of ether oxygens (including phenoxy) is 1. The van der Waals surface area contributed by atoms with Crippen LogP contribution in [0.25, 0.3) is 0 Å². The molecular weight excluding hydrogens is 256 g/mol. The standard InChI is InChI=1S/C15H20N2O3/c1-15(2,3)17(10-14(18)19)9-11-5-6-12(8-16)13(7-11)20-4/h5-7H,9-10H2,1-4H3,(H,18,19). The number of benzene rings is 1. The molecule has 20 heavy (non-hydrogen) atoms. The van der Waals surface area contributed by atoms with Crippen molar-refractivity contribution in [2.24, 2.45) is 0 Å². The summed E-state index contributed by atoms with van der Waals surface area (Å²) in [5, 5.41) is 18.0. The number of aliphatic carboxylic acids is 1. The van der Waals surface area contributed by atoms with Gasteiger partial charge in [-0.05, 0) is 38.5 Å². The highest BCUT2D eigenvalue weighted by molar-refractivity contribution is 5.69. The van der Waals surface area contributed by atoms with Gasteiger partial charge < -0.3 is 9.84 Å². The van der Waals surface area contributed by atoms with Crippen molar-refractivity contribution in [1.29, 1.82) is 5.26 Å². The Morgan fingerprint density at radius 1 is 1.45 bits per heavy atom. The number of carbonyl (C=O) groups is 1. The number of methoxy groups -OCH3 is 1. The summed E-state index contributed by atoms with van der Waals surface area (Å²) in [6.07, 6.45) is 0. The summed E-state index contributed by atoms with van der Waals surface area (Å²) in [6, 6.07) is 7.35. The van der Waals surface area contributed by atoms with Crippen LogP contribution in [0.3, 0.4) is 0 Å². The molecule has 1 rings (SSSR count). The lowest BCUT2D eigenvalue weighted by atomic mass is 10.0. The minimum atomic E-state index is -0.861. The molecule has 0 bridgehead atoms. The van der Waals surface area contributed by atoms with Gasteiger partial charge in [0.15, 0.2) is 0 Å². The molecule has 0 aromatic heterocycles. The predicted molar refractivity (Wildman–Crippen MR) is 75.5 cm³/mol. The zero-order valence-electron chi connectivity index (χ0n) is 12.3. The Bertz CT molecular complexity index is 527. The molecule has 0 radical (unpaired) electrons. The van der Waals surface area contributed by atoms with E-state index >= 15 is 0 Å². The van der Waals surface area contributed by atoms with Gasteiger partial charge in [0.25, 0.3) is 0 Å². The third kappa shape index (κ3) is 4.25. The summed E-state index contributed by atoms with van der Waals surface area (Å²) in [5.74, 6) is -0.352. The van der Waals surface area contributed by atoms with E-state index in [9.17, 15) is 4.79 Å². The maximum absolute atomic E-state index is 11.0. The minimum absolute atomic E-state index is 0.0359. The van der Waals surface area contributed by atoms with Gasteiger partial charge in [-0.3, -0.25) is 9.69 Å². The first-order valence-corrected chi connectivity index (χ1v) is 6.31. The number of nitrogens with zero attached hydrogens (tertiary/aromatic N) is 2. The van der Waals surface area contributed by atoms with Gasteiger partial charge in [0.1, 0.15) is 11.8 Å². The first-order valence-electron chi connectivity index (χ1n) is 6.31. The monoisotopic (exact) mass is 276 g/mol. The van der Waals surface area contributed by atoms with E-state index in [4.69, 9.17) is 15.1 Å². The number of nitriles is 1. The quantitative estimate of drug-likeness (QED) is 0.893. The number of carboxylic acid groups (broad SMARTS) is 1. The summed E-state index contributed by atoms with van der Waals surface area (Å²) >= 11 is 0. The third-order valence-corrected chi connectivity index (χ3v) is 3.03. The molecule has 1 aromatic carbocycles. The molecule has 0 aliphatic rings.